The van der Waals surface area contributed by atoms with E-state index in [-0.39, 0.29) is 11.5 Å². The highest BCUT2D eigenvalue weighted by Gasteiger charge is 2.32. The molecule has 0 bridgehead atoms. The minimum atomic E-state index is -0.685. The molecule has 2 aromatic carbocycles. The molecular weight excluding hydrogens is 620 g/mol. The molecule has 42 heavy (non-hydrogen) atoms. The summed E-state index contributed by atoms with van der Waals surface area (Å²) in [5.74, 6) is 1.65. The molecule has 6 rings (SSSR count). The summed E-state index contributed by atoms with van der Waals surface area (Å²) < 4.78 is 20.1. The van der Waals surface area contributed by atoms with E-state index in [9.17, 15) is 9.59 Å². The van der Waals surface area contributed by atoms with Gasteiger partial charge in [-0.1, -0.05) is 41.7 Å². The molecule has 2 aromatic heterocycles. The van der Waals surface area contributed by atoms with Crippen LogP contribution in [0.5, 0.6) is 5.75 Å². The number of amides is 1. The first-order valence-corrected chi connectivity index (χ1v) is 15.3. The van der Waals surface area contributed by atoms with Crippen LogP contribution in [0.3, 0.4) is 0 Å². The van der Waals surface area contributed by atoms with Crippen LogP contribution in [-0.2, 0) is 9.53 Å². The first kappa shape index (κ1) is 28.2. The zero-order valence-corrected chi connectivity index (χ0v) is 25.5. The van der Waals surface area contributed by atoms with Crippen LogP contribution >= 0.6 is 27.3 Å². The van der Waals surface area contributed by atoms with Gasteiger partial charge in [0.25, 0.3) is 11.5 Å². The van der Waals surface area contributed by atoms with Crippen molar-refractivity contribution < 1.29 is 18.7 Å². The lowest BCUT2D eigenvalue weighted by atomic mass is 9.95. The number of thiazole rings is 1. The minimum Gasteiger partial charge on any atom is -0.494 e. The largest absolute Gasteiger partial charge is 0.494 e. The van der Waals surface area contributed by atoms with Gasteiger partial charge in [0.15, 0.2) is 4.80 Å². The number of hydrogen-bond acceptors (Lipinski definition) is 8. The Bertz CT molecular complexity index is 1820. The number of para-hydroxylation sites is 1. The monoisotopic (exact) mass is 648 g/mol. The first-order chi connectivity index (χ1) is 20.4. The summed E-state index contributed by atoms with van der Waals surface area (Å²) in [5, 5.41) is 2.98. The molecule has 0 spiro atoms. The number of nitrogens with zero attached hydrogens (tertiary/aromatic N) is 3. The molecule has 0 saturated carbocycles. The summed E-state index contributed by atoms with van der Waals surface area (Å²) in [6, 6.07) is 17.9. The van der Waals surface area contributed by atoms with Crippen LogP contribution in [0.15, 0.2) is 90.6 Å². The zero-order valence-electron chi connectivity index (χ0n) is 23.1. The van der Waals surface area contributed by atoms with Crippen LogP contribution in [0.4, 0.5) is 11.6 Å². The van der Waals surface area contributed by atoms with Gasteiger partial charge in [0, 0.05) is 30.9 Å². The Balaban J connectivity index is 1.44. The third kappa shape index (κ3) is 5.59. The van der Waals surface area contributed by atoms with Gasteiger partial charge in [0.1, 0.15) is 11.5 Å². The average molecular weight is 650 g/mol. The fraction of sp³-hybridized carbons (Fsp3) is 0.258. The Hall–Kier alpha value is -3.93. The van der Waals surface area contributed by atoms with Gasteiger partial charge in [0.05, 0.1) is 46.1 Å². The Labute approximate surface area is 254 Å². The number of allylic oxidation sites excluding steroid dienone is 1. The second kappa shape index (κ2) is 12.1. The number of fused-ring (bicyclic) bond motifs is 1. The summed E-state index contributed by atoms with van der Waals surface area (Å²) in [4.78, 5) is 35.1. The average Bonchev–Trinajstić information content (AvgIpc) is 3.52. The van der Waals surface area contributed by atoms with E-state index in [2.05, 4.69) is 26.1 Å². The van der Waals surface area contributed by atoms with Crippen LogP contribution in [-0.4, -0.2) is 43.4 Å². The first-order valence-electron chi connectivity index (χ1n) is 13.7. The predicted molar refractivity (Wildman–Crippen MR) is 166 cm³/mol. The van der Waals surface area contributed by atoms with E-state index in [0.717, 1.165) is 23.1 Å². The highest BCUT2D eigenvalue weighted by atomic mass is 79.9. The normalized spacial score (nSPS) is 17.2. The molecule has 4 heterocycles. The van der Waals surface area contributed by atoms with Crippen molar-refractivity contribution in [1.82, 2.24) is 4.57 Å². The van der Waals surface area contributed by atoms with Gasteiger partial charge in [-0.05, 0) is 59.6 Å². The molecule has 4 aromatic rings. The van der Waals surface area contributed by atoms with Gasteiger partial charge < -0.3 is 24.1 Å². The van der Waals surface area contributed by atoms with Crippen molar-refractivity contribution in [3.63, 3.8) is 0 Å². The van der Waals surface area contributed by atoms with Gasteiger partial charge >= 0.3 is 0 Å². The van der Waals surface area contributed by atoms with Crippen molar-refractivity contribution in [2.24, 2.45) is 4.99 Å². The number of halogens is 1. The molecule has 1 amide bonds. The molecule has 1 fully saturated rings. The van der Waals surface area contributed by atoms with E-state index >= 15 is 0 Å². The van der Waals surface area contributed by atoms with Gasteiger partial charge in [-0.25, -0.2) is 4.99 Å². The van der Waals surface area contributed by atoms with Crippen LogP contribution in [0, 0.1) is 0 Å². The lowest BCUT2D eigenvalue weighted by molar-refractivity contribution is -0.113. The van der Waals surface area contributed by atoms with Crippen LogP contribution < -0.4 is 29.8 Å². The number of morpholine rings is 1. The highest BCUT2D eigenvalue weighted by Crippen LogP contribution is 2.33. The fourth-order valence-corrected chi connectivity index (χ4v) is 6.70. The molecule has 0 unspecified atom stereocenters. The van der Waals surface area contributed by atoms with Crippen molar-refractivity contribution in [2.75, 3.05) is 43.1 Å². The fourth-order valence-electron chi connectivity index (χ4n) is 5.12. The molecule has 2 aliphatic heterocycles. The summed E-state index contributed by atoms with van der Waals surface area (Å²) in [6.07, 6.45) is 1.73. The Morgan fingerprint density at radius 2 is 1.90 bits per heavy atom. The number of rotatable bonds is 7. The SMILES string of the molecule is CCOc1ccc([C@H]2C(C(=O)Nc3ccccc3)=C(C)N=c3s/c(=C/c4cc(Br)c(N5CCOCC5)o4)c(=O)n32)cc1. The Kier molecular flexibility index (Phi) is 8.14. The maximum Gasteiger partial charge on any atom is 0.271 e. The number of carbonyl (C=O) groups excluding carboxylic acids is 1. The molecule has 0 aliphatic carbocycles. The topological polar surface area (TPSA) is 98.3 Å². The highest BCUT2D eigenvalue weighted by molar-refractivity contribution is 9.10. The molecule has 216 valence electrons. The molecule has 1 atom stereocenters. The number of hydrogen-bond donors (Lipinski definition) is 1. The lowest BCUT2D eigenvalue weighted by Crippen LogP contribution is -2.40. The minimum absolute atomic E-state index is 0.254. The summed E-state index contributed by atoms with van der Waals surface area (Å²) >= 11 is 4.87. The van der Waals surface area contributed by atoms with E-state index in [1.807, 2.05) is 67.6 Å². The van der Waals surface area contributed by atoms with E-state index < -0.39 is 6.04 Å². The van der Waals surface area contributed by atoms with Crippen molar-refractivity contribution in [3.8, 4) is 5.75 Å². The van der Waals surface area contributed by atoms with Crippen molar-refractivity contribution >= 4 is 50.8 Å². The molecule has 0 radical (unpaired) electrons. The van der Waals surface area contributed by atoms with E-state index in [1.54, 1.807) is 17.6 Å². The second-order valence-electron chi connectivity index (χ2n) is 9.81. The molecule has 2 aliphatic rings. The third-order valence-electron chi connectivity index (χ3n) is 7.06. The van der Waals surface area contributed by atoms with E-state index in [1.165, 1.54) is 11.3 Å². The molecule has 11 heteroatoms. The number of nitrogens with one attached hydrogen (secondary N) is 1. The number of ether oxygens (including phenoxy) is 2. The molecule has 9 nitrogen and oxygen atoms in total. The smallest absolute Gasteiger partial charge is 0.271 e. The van der Waals surface area contributed by atoms with Gasteiger partial charge in [-0.3, -0.25) is 14.2 Å². The standard InChI is InChI=1S/C31H29BrN4O5S/c1-3-40-22-11-9-20(10-12-22)27-26(28(37)34-21-7-5-4-6-8-21)19(2)33-31-36(27)29(38)25(42-31)18-23-17-24(32)30(41-23)35-13-15-39-16-14-35/h4-12,17-18,27H,3,13-16H2,1-2H3,(H,34,37)/b25-18+/t27-/m0/s1. The molecule has 1 N–H and O–H groups in total. The van der Waals surface area contributed by atoms with Gasteiger partial charge in [-0.15, -0.1) is 0 Å². The maximum atomic E-state index is 14.0. The number of aromatic nitrogens is 1. The van der Waals surface area contributed by atoms with Gasteiger partial charge in [0.2, 0.25) is 5.88 Å². The van der Waals surface area contributed by atoms with Crippen molar-refractivity contribution in [1.29, 1.82) is 0 Å². The molecular formula is C31H29BrN4O5S. The van der Waals surface area contributed by atoms with Crippen molar-refractivity contribution in [2.45, 2.75) is 19.9 Å². The molecule has 1 saturated heterocycles. The van der Waals surface area contributed by atoms with Crippen LogP contribution in [0.2, 0.25) is 0 Å². The Morgan fingerprint density at radius 3 is 2.62 bits per heavy atom. The van der Waals surface area contributed by atoms with E-state index in [4.69, 9.17) is 18.9 Å². The lowest BCUT2D eigenvalue weighted by Gasteiger charge is -2.26. The number of carbonyl (C=O) groups is 1. The van der Waals surface area contributed by atoms with E-state index in [0.29, 0.717) is 63.5 Å². The predicted octanol–water partition coefficient (Wildman–Crippen LogP) is 4.46. The second-order valence-corrected chi connectivity index (χ2v) is 11.7. The number of benzene rings is 2. The summed E-state index contributed by atoms with van der Waals surface area (Å²) in [5.41, 5.74) is 2.12. The maximum absolute atomic E-state index is 14.0. The quantitative estimate of drug-likeness (QED) is 0.318. The number of anilines is 2. The summed E-state index contributed by atoms with van der Waals surface area (Å²) in [7, 11) is 0. The Morgan fingerprint density at radius 1 is 1.17 bits per heavy atom. The summed E-state index contributed by atoms with van der Waals surface area (Å²) in [6.45, 7) is 6.97. The third-order valence-corrected chi connectivity index (χ3v) is 8.62. The zero-order chi connectivity index (χ0) is 29.2. The van der Waals surface area contributed by atoms with Crippen LogP contribution in [0.25, 0.3) is 6.08 Å². The van der Waals surface area contributed by atoms with Crippen LogP contribution in [0.1, 0.15) is 31.2 Å². The van der Waals surface area contributed by atoms with Crippen molar-refractivity contribution in [3.05, 3.63) is 107 Å². The van der Waals surface area contributed by atoms with Gasteiger partial charge in [-0.2, -0.15) is 0 Å². The number of furan rings is 1.